The van der Waals surface area contributed by atoms with E-state index >= 15 is 0 Å². The highest BCUT2D eigenvalue weighted by atomic mass is 16.5. The number of aliphatic carboxylic acids is 1. The zero-order valence-electron chi connectivity index (χ0n) is 10.6. The number of hydrogen-bond acceptors (Lipinski definition) is 4. The van der Waals surface area contributed by atoms with E-state index < -0.39 is 12.1 Å². The molecular formula is C11H21N3O4. The van der Waals surface area contributed by atoms with Crippen molar-refractivity contribution in [1.82, 2.24) is 16.0 Å². The minimum Gasteiger partial charge on any atom is -0.479 e. The molecule has 1 aliphatic carbocycles. The summed E-state index contributed by atoms with van der Waals surface area (Å²) in [6, 6.07) is 0.307. The quantitative estimate of drug-likeness (QED) is 0.419. The fourth-order valence-corrected chi connectivity index (χ4v) is 1.40. The molecule has 0 aliphatic heterocycles. The van der Waals surface area contributed by atoms with Crippen LogP contribution in [0.3, 0.4) is 0 Å². The lowest BCUT2D eigenvalue weighted by Gasteiger charge is -2.12. The predicted octanol–water partition coefficient (Wildman–Crippen LogP) is -0.473. The SMILES string of the molecule is COC(CNC(=O)NCCCNC1CC1)C(=O)O. The average Bonchev–Trinajstić information content (AvgIpc) is 3.13. The lowest BCUT2D eigenvalue weighted by atomic mass is 10.3. The maximum absolute atomic E-state index is 11.3. The smallest absolute Gasteiger partial charge is 0.334 e. The second-order valence-corrected chi connectivity index (χ2v) is 4.28. The van der Waals surface area contributed by atoms with Crippen molar-refractivity contribution in [2.24, 2.45) is 0 Å². The highest BCUT2D eigenvalue weighted by molar-refractivity contribution is 5.76. The Balaban J connectivity index is 1.96. The molecule has 1 atom stereocenters. The number of carbonyl (C=O) groups is 2. The summed E-state index contributed by atoms with van der Waals surface area (Å²) in [5, 5.41) is 17.1. The molecule has 1 rings (SSSR count). The summed E-state index contributed by atoms with van der Waals surface area (Å²) in [6.07, 6.45) is 2.35. The number of urea groups is 1. The Hall–Kier alpha value is -1.34. The van der Waals surface area contributed by atoms with Gasteiger partial charge in [0.05, 0.1) is 6.54 Å². The number of carboxylic acids is 1. The number of rotatable bonds is 9. The molecule has 0 aromatic carbocycles. The first-order valence-electron chi connectivity index (χ1n) is 6.14. The molecule has 0 bridgehead atoms. The van der Waals surface area contributed by atoms with Crippen molar-refractivity contribution in [3.05, 3.63) is 0 Å². The summed E-state index contributed by atoms with van der Waals surface area (Å²) in [6.45, 7) is 1.41. The number of ether oxygens (including phenoxy) is 1. The summed E-state index contributed by atoms with van der Waals surface area (Å²) >= 11 is 0. The maximum atomic E-state index is 11.3. The van der Waals surface area contributed by atoms with Gasteiger partial charge in [-0.1, -0.05) is 0 Å². The fourth-order valence-electron chi connectivity index (χ4n) is 1.40. The first-order chi connectivity index (χ1) is 8.63. The molecule has 1 saturated carbocycles. The molecule has 104 valence electrons. The van der Waals surface area contributed by atoms with Crippen LogP contribution in [0.2, 0.25) is 0 Å². The van der Waals surface area contributed by atoms with E-state index in [1.165, 1.54) is 20.0 Å². The van der Waals surface area contributed by atoms with Crippen LogP contribution in [0.15, 0.2) is 0 Å². The third kappa shape index (κ3) is 6.41. The number of carboxylic acid groups (broad SMARTS) is 1. The average molecular weight is 259 g/mol. The number of methoxy groups -OCH3 is 1. The Morgan fingerprint density at radius 2 is 2.06 bits per heavy atom. The van der Waals surface area contributed by atoms with Crippen molar-refractivity contribution >= 4 is 12.0 Å². The molecule has 18 heavy (non-hydrogen) atoms. The van der Waals surface area contributed by atoms with Crippen LogP contribution >= 0.6 is 0 Å². The summed E-state index contributed by atoms with van der Waals surface area (Å²) in [7, 11) is 1.29. The van der Waals surface area contributed by atoms with Crippen molar-refractivity contribution in [2.45, 2.75) is 31.4 Å². The van der Waals surface area contributed by atoms with Gasteiger partial charge >= 0.3 is 12.0 Å². The van der Waals surface area contributed by atoms with Crippen LogP contribution < -0.4 is 16.0 Å². The van der Waals surface area contributed by atoms with Gasteiger partial charge < -0.3 is 25.8 Å². The van der Waals surface area contributed by atoms with Gasteiger partial charge in [-0.15, -0.1) is 0 Å². The third-order valence-electron chi connectivity index (χ3n) is 2.66. The van der Waals surface area contributed by atoms with Crippen LogP contribution in [0.1, 0.15) is 19.3 Å². The van der Waals surface area contributed by atoms with Crippen LogP contribution in [-0.2, 0) is 9.53 Å². The van der Waals surface area contributed by atoms with Crippen LogP contribution in [0.4, 0.5) is 4.79 Å². The highest BCUT2D eigenvalue weighted by Crippen LogP contribution is 2.18. The van der Waals surface area contributed by atoms with Crippen LogP contribution in [0.5, 0.6) is 0 Å². The molecule has 2 amide bonds. The van der Waals surface area contributed by atoms with Crippen LogP contribution in [0.25, 0.3) is 0 Å². The molecule has 7 nitrogen and oxygen atoms in total. The monoisotopic (exact) mass is 259 g/mol. The minimum atomic E-state index is -1.09. The Morgan fingerprint density at radius 3 is 2.61 bits per heavy atom. The number of amides is 2. The van der Waals surface area contributed by atoms with E-state index in [2.05, 4.69) is 20.7 Å². The molecule has 7 heteroatoms. The molecule has 0 radical (unpaired) electrons. The molecular weight excluding hydrogens is 238 g/mol. The number of hydrogen-bond donors (Lipinski definition) is 4. The second-order valence-electron chi connectivity index (χ2n) is 4.28. The molecule has 0 spiro atoms. The van der Waals surface area contributed by atoms with E-state index in [1.807, 2.05) is 0 Å². The topological polar surface area (TPSA) is 99.7 Å². The lowest BCUT2D eigenvalue weighted by Crippen LogP contribution is -2.43. The summed E-state index contributed by atoms with van der Waals surface area (Å²) in [4.78, 5) is 21.9. The molecule has 0 aromatic heterocycles. The molecule has 1 aliphatic rings. The molecule has 0 aromatic rings. The summed E-state index contributed by atoms with van der Waals surface area (Å²) in [5.41, 5.74) is 0. The van der Waals surface area contributed by atoms with Gasteiger partial charge in [0.15, 0.2) is 6.10 Å². The van der Waals surface area contributed by atoms with E-state index in [0.717, 1.165) is 13.0 Å². The molecule has 0 heterocycles. The fraction of sp³-hybridized carbons (Fsp3) is 0.818. The molecule has 1 fully saturated rings. The van der Waals surface area contributed by atoms with Crippen molar-refractivity contribution in [2.75, 3.05) is 26.7 Å². The summed E-state index contributed by atoms with van der Waals surface area (Å²) in [5.74, 6) is -1.09. The van der Waals surface area contributed by atoms with Gasteiger partial charge in [-0.05, 0) is 25.8 Å². The first-order valence-corrected chi connectivity index (χ1v) is 6.14. The molecule has 4 N–H and O–H groups in total. The van der Waals surface area contributed by atoms with E-state index in [4.69, 9.17) is 5.11 Å². The minimum absolute atomic E-state index is 0.0437. The normalized spacial score (nSPS) is 16.1. The van der Waals surface area contributed by atoms with Gasteiger partial charge in [0.25, 0.3) is 0 Å². The maximum Gasteiger partial charge on any atom is 0.334 e. The van der Waals surface area contributed by atoms with Gasteiger partial charge in [-0.2, -0.15) is 0 Å². The number of carbonyl (C=O) groups excluding carboxylic acids is 1. The zero-order chi connectivity index (χ0) is 13.4. The Morgan fingerprint density at radius 1 is 1.33 bits per heavy atom. The third-order valence-corrected chi connectivity index (χ3v) is 2.66. The van der Waals surface area contributed by atoms with E-state index in [-0.39, 0.29) is 12.6 Å². The first kappa shape index (κ1) is 14.7. The molecule has 0 saturated heterocycles. The van der Waals surface area contributed by atoms with Crippen molar-refractivity contribution < 1.29 is 19.4 Å². The van der Waals surface area contributed by atoms with Crippen LogP contribution in [0, 0.1) is 0 Å². The Kier molecular flexibility index (Phi) is 6.45. The second kappa shape index (κ2) is 7.88. The predicted molar refractivity (Wildman–Crippen MR) is 65.5 cm³/mol. The lowest BCUT2D eigenvalue weighted by molar-refractivity contribution is -0.147. The van der Waals surface area contributed by atoms with E-state index in [9.17, 15) is 9.59 Å². The standard InChI is InChI=1S/C11H21N3O4/c1-18-9(10(15)16)7-14-11(17)13-6-2-5-12-8-3-4-8/h8-9,12H,2-7H2,1H3,(H,15,16)(H2,13,14,17). The van der Waals surface area contributed by atoms with Crippen molar-refractivity contribution in [1.29, 1.82) is 0 Å². The van der Waals surface area contributed by atoms with Gasteiger partial charge in [-0.25, -0.2) is 9.59 Å². The van der Waals surface area contributed by atoms with Gasteiger partial charge in [0.1, 0.15) is 0 Å². The largest absolute Gasteiger partial charge is 0.479 e. The van der Waals surface area contributed by atoms with Gasteiger partial charge in [0, 0.05) is 19.7 Å². The van der Waals surface area contributed by atoms with Gasteiger partial charge in [-0.3, -0.25) is 0 Å². The highest BCUT2D eigenvalue weighted by Gasteiger charge is 2.19. The van der Waals surface area contributed by atoms with Gasteiger partial charge in [0.2, 0.25) is 0 Å². The Bertz CT molecular complexity index is 281. The van der Waals surface area contributed by atoms with Crippen molar-refractivity contribution in [3.63, 3.8) is 0 Å². The molecule has 1 unspecified atom stereocenters. The summed E-state index contributed by atoms with van der Waals surface area (Å²) < 4.78 is 4.69. The zero-order valence-corrected chi connectivity index (χ0v) is 10.6. The van der Waals surface area contributed by atoms with Crippen LogP contribution in [-0.4, -0.2) is 56.0 Å². The van der Waals surface area contributed by atoms with E-state index in [1.54, 1.807) is 0 Å². The van der Waals surface area contributed by atoms with Crippen molar-refractivity contribution in [3.8, 4) is 0 Å². The van der Waals surface area contributed by atoms with E-state index in [0.29, 0.717) is 12.6 Å². The number of nitrogens with one attached hydrogen (secondary N) is 3. The Labute approximate surface area is 106 Å².